The Bertz CT molecular complexity index is 933. The molecule has 0 saturated carbocycles. The van der Waals surface area contributed by atoms with Crippen LogP contribution < -0.4 is 10.3 Å². The fourth-order valence-electron chi connectivity index (χ4n) is 2.67. The molecule has 3 aromatic rings. The SMILES string of the molecule is C=CCc1ccccc1OCC(O)Cn1cnc2ccccc2c1=O. The van der Waals surface area contributed by atoms with Crippen molar-refractivity contribution in [3.8, 4) is 5.75 Å². The second-order valence-electron chi connectivity index (χ2n) is 5.78. The normalized spacial score (nSPS) is 12.0. The Labute approximate surface area is 145 Å². The van der Waals surface area contributed by atoms with E-state index in [-0.39, 0.29) is 18.7 Å². The van der Waals surface area contributed by atoms with Crippen LogP contribution in [0.2, 0.25) is 0 Å². The van der Waals surface area contributed by atoms with Gasteiger partial charge in [-0.05, 0) is 30.2 Å². The van der Waals surface area contributed by atoms with E-state index >= 15 is 0 Å². The second kappa shape index (κ2) is 7.77. The van der Waals surface area contributed by atoms with Crippen molar-refractivity contribution in [3.63, 3.8) is 0 Å². The number of aliphatic hydroxyl groups is 1. The monoisotopic (exact) mass is 336 g/mol. The molecular weight excluding hydrogens is 316 g/mol. The maximum absolute atomic E-state index is 12.4. The summed E-state index contributed by atoms with van der Waals surface area (Å²) < 4.78 is 7.13. The lowest BCUT2D eigenvalue weighted by Crippen LogP contribution is -2.30. The molecule has 0 radical (unpaired) electrons. The quantitative estimate of drug-likeness (QED) is 0.674. The molecule has 0 bridgehead atoms. The average Bonchev–Trinajstić information content (AvgIpc) is 2.64. The summed E-state index contributed by atoms with van der Waals surface area (Å²) >= 11 is 0. The highest BCUT2D eigenvalue weighted by Crippen LogP contribution is 2.19. The third kappa shape index (κ3) is 3.95. The Morgan fingerprint density at radius 3 is 2.80 bits per heavy atom. The van der Waals surface area contributed by atoms with Crippen LogP contribution in [0.3, 0.4) is 0 Å². The van der Waals surface area contributed by atoms with Crippen molar-refractivity contribution in [2.75, 3.05) is 6.61 Å². The van der Waals surface area contributed by atoms with Gasteiger partial charge in [-0.2, -0.15) is 0 Å². The Morgan fingerprint density at radius 2 is 1.96 bits per heavy atom. The largest absolute Gasteiger partial charge is 0.491 e. The van der Waals surface area contributed by atoms with Gasteiger partial charge in [0.2, 0.25) is 0 Å². The molecule has 2 aromatic carbocycles. The van der Waals surface area contributed by atoms with E-state index < -0.39 is 6.10 Å². The molecule has 0 spiro atoms. The van der Waals surface area contributed by atoms with E-state index in [1.54, 1.807) is 24.3 Å². The summed E-state index contributed by atoms with van der Waals surface area (Å²) in [6, 6.07) is 14.8. The zero-order chi connectivity index (χ0) is 17.6. The summed E-state index contributed by atoms with van der Waals surface area (Å²) in [5.41, 5.74) is 1.48. The van der Waals surface area contributed by atoms with Gasteiger partial charge >= 0.3 is 0 Å². The van der Waals surface area contributed by atoms with E-state index in [2.05, 4.69) is 11.6 Å². The highest BCUT2D eigenvalue weighted by atomic mass is 16.5. The van der Waals surface area contributed by atoms with Crippen LogP contribution in [0.15, 0.2) is 72.3 Å². The van der Waals surface area contributed by atoms with Crippen LogP contribution in [0.1, 0.15) is 5.56 Å². The zero-order valence-electron chi connectivity index (χ0n) is 13.8. The number of para-hydroxylation sites is 2. The fraction of sp³-hybridized carbons (Fsp3) is 0.200. The van der Waals surface area contributed by atoms with Gasteiger partial charge in [-0.1, -0.05) is 36.4 Å². The molecule has 0 aliphatic heterocycles. The summed E-state index contributed by atoms with van der Waals surface area (Å²) in [5.74, 6) is 0.713. The van der Waals surface area contributed by atoms with Crippen molar-refractivity contribution in [3.05, 3.63) is 83.4 Å². The molecule has 5 heteroatoms. The van der Waals surface area contributed by atoms with Gasteiger partial charge in [0.05, 0.1) is 23.8 Å². The van der Waals surface area contributed by atoms with Gasteiger partial charge in [0.25, 0.3) is 5.56 Å². The molecule has 0 aliphatic rings. The molecule has 5 nitrogen and oxygen atoms in total. The van der Waals surface area contributed by atoms with Crippen LogP contribution in [0.5, 0.6) is 5.75 Å². The fourth-order valence-corrected chi connectivity index (χ4v) is 2.67. The third-order valence-electron chi connectivity index (χ3n) is 3.91. The average molecular weight is 336 g/mol. The number of hydrogen-bond acceptors (Lipinski definition) is 4. The van der Waals surface area contributed by atoms with E-state index in [9.17, 15) is 9.90 Å². The molecule has 128 valence electrons. The molecule has 1 atom stereocenters. The predicted molar refractivity (Wildman–Crippen MR) is 97.8 cm³/mol. The lowest BCUT2D eigenvalue weighted by atomic mass is 10.1. The maximum Gasteiger partial charge on any atom is 0.261 e. The Balaban J connectivity index is 1.69. The lowest BCUT2D eigenvalue weighted by molar-refractivity contribution is 0.0911. The van der Waals surface area contributed by atoms with E-state index in [1.165, 1.54) is 10.9 Å². The summed E-state index contributed by atoms with van der Waals surface area (Å²) in [7, 11) is 0. The van der Waals surface area contributed by atoms with E-state index in [0.29, 0.717) is 23.1 Å². The molecule has 0 amide bonds. The molecule has 1 aromatic heterocycles. The molecule has 0 aliphatic carbocycles. The first-order valence-corrected chi connectivity index (χ1v) is 8.13. The number of nitrogens with zero attached hydrogens (tertiary/aromatic N) is 2. The number of aromatic nitrogens is 2. The highest BCUT2D eigenvalue weighted by molar-refractivity contribution is 5.76. The number of hydrogen-bond donors (Lipinski definition) is 1. The number of ether oxygens (including phenoxy) is 1. The molecule has 3 rings (SSSR count). The predicted octanol–water partition coefficient (Wildman–Crippen LogP) is 2.56. The van der Waals surface area contributed by atoms with Gasteiger partial charge in [0.15, 0.2) is 0 Å². The number of rotatable bonds is 7. The summed E-state index contributed by atoms with van der Waals surface area (Å²) in [5, 5.41) is 10.8. The van der Waals surface area contributed by atoms with Crippen molar-refractivity contribution in [1.82, 2.24) is 9.55 Å². The van der Waals surface area contributed by atoms with Crippen LogP contribution in [0.4, 0.5) is 0 Å². The summed E-state index contributed by atoms with van der Waals surface area (Å²) in [4.78, 5) is 16.7. The minimum Gasteiger partial charge on any atom is -0.491 e. The van der Waals surface area contributed by atoms with Crippen molar-refractivity contribution >= 4 is 10.9 Å². The number of aliphatic hydroxyl groups excluding tert-OH is 1. The number of fused-ring (bicyclic) bond motifs is 1. The van der Waals surface area contributed by atoms with E-state index in [4.69, 9.17) is 4.74 Å². The van der Waals surface area contributed by atoms with Crippen molar-refractivity contribution in [1.29, 1.82) is 0 Å². The highest BCUT2D eigenvalue weighted by Gasteiger charge is 2.11. The first kappa shape index (κ1) is 16.9. The number of allylic oxidation sites excluding steroid dienone is 1. The smallest absolute Gasteiger partial charge is 0.261 e. The molecule has 1 N–H and O–H groups in total. The van der Waals surface area contributed by atoms with Crippen LogP contribution in [-0.4, -0.2) is 27.4 Å². The first-order valence-electron chi connectivity index (χ1n) is 8.13. The Morgan fingerprint density at radius 1 is 1.20 bits per heavy atom. The molecule has 0 saturated heterocycles. The lowest BCUT2D eigenvalue weighted by Gasteiger charge is -2.15. The van der Waals surface area contributed by atoms with Crippen molar-refractivity contribution < 1.29 is 9.84 Å². The second-order valence-corrected chi connectivity index (χ2v) is 5.78. The minimum absolute atomic E-state index is 0.0907. The zero-order valence-corrected chi connectivity index (χ0v) is 13.8. The topological polar surface area (TPSA) is 64.3 Å². The van der Waals surface area contributed by atoms with Crippen LogP contribution in [0.25, 0.3) is 10.9 Å². The molecule has 1 heterocycles. The number of benzene rings is 2. The summed E-state index contributed by atoms with van der Waals surface area (Å²) in [6.07, 6.45) is 3.14. The standard InChI is InChI=1S/C20H20N2O3/c1-2-7-15-8-3-6-11-19(15)25-13-16(23)12-22-14-21-18-10-5-4-9-17(18)20(22)24/h2-6,8-11,14,16,23H,1,7,12-13H2. The van der Waals surface area contributed by atoms with E-state index in [1.807, 2.05) is 30.3 Å². The molecule has 1 unspecified atom stereocenters. The molecular formula is C20H20N2O3. The Kier molecular flexibility index (Phi) is 5.26. The van der Waals surface area contributed by atoms with Gasteiger partial charge in [-0.15, -0.1) is 6.58 Å². The van der Waals surface area contributed by atoms with Crippen molar-refractivity contribution in [2.24, 2.45) is 0 Å². The van der Waals surface area contributed by atoms with Gasteiger partial charge in [0.1, 0.15) is 18.5 Å². The maximum atomic E-state index is 12.4. The van der Waals surface area contributed by atoms with Gasteiger partial charge in [0, 0.05) is 0 Å². The van der Waals surface area contributed by atoms with Gasteiger partial charge in [-0.3, -0.25) is 9.36 Å². The van der Waals surface area contributed by atoms with Gasteiger partial charge in [-0.25, -0.2) is 4.98 Å². The molecule has 0 fully saturated rings. The Hall–Kier alpha value is -2.92. The van der Waals surface area contributed by atoms with Crippen molar-refractivity contribution in [2.45, 2.75) is 19.1 Å². The van der Waals surface area contributed by atoms with Crippen LogP contribution in [0, 0.1) is 0 Å². The van der Waals surface area contributed by atoms with Gasteiger partial charge < -0.3 is 9.84 Å². The molecule has 25 heavy (non-hydrogen) atoms. The van der Waals surface area contributed by atoms with Crippen LogP contribution in [-0.2, 0) is 13.0 Å². The van der Waals surface area contributed by atoms with E-state index in [0.717, 1.165) is 5.56 Å². The van der Waals surface area contributed by atoms with Crippen LogP contribution >= 0.6 is 0 Å². The minimum atomic E-state index is -0.822. The first-order chi connectivity index (χ1) is 12.2. The third-order valence-corrected chi connectivity index (χ3v) is 3.91. The summed E-state index contributed by atoms with van der Waals surface area (Å²) in [6.45, 7) is 3.95.